The molecule has 2 heterocycles. The molecule has 0 saturated heterocycles. The molecule has 1 aliphatic rings. The molecule has 5 nitrogen and oxygen atoms in total. The van der Waals surface area contributed by atoms with Gasteiger partial charge in [0.25, 0.3) is 0 Å². The summed E-state index contributed by atoms with van der Waals surface area (Å²) in [6.45, 7) is 9.50. The highest BCUT2D eigenvalue weighted by Gasteiger charge is 2.33. The van der Waals surface area contributed by atoms with E-state index in [0.29, 0.717) is 24.8 Å². The summed E-state index contributed by atoms with van der Waals surface area (Å²) in [5.41, 5.74) is 1.10. The summed E-state index contributed by atoms with van der Waals surface area (Å²) in [6.07, 6.45) is 1.66. The Labute approximate surface area is 194 Å². The lowest BCUT2D eigenvalue weighted by atomic mass is 10.00. The van der Waals surface area contributed by atoms with Crippen LogP contribution in [-0.2, 0) is 16.0 Å². The number of hydrogen-bond acceptors (Lipinski definition) is 4. The molecule has 174 valence electrons. The summed E-state index contributed by atoms with van der Waals surface area (Å²) in [6, 6.07) is 7.72. The number of amides is 2. The second kappa shape index (κ2) is 10.9. The van der Waals surface area contributed by atoms with E-state index in [-0.39, 0.29) is 42.7 Å². The molecule has 1 aromatic heterocycles. The van der Waals surface area contributed by atoms with Crippen LogP contribution in [0, 0.1) is 17.7 Å². The molecule has 1 unspecified atom stereocenters. The third-order valence-electron chi connectivity index (χ3n) is 5.74. The predicted molar refractivity (Wildman–Crippen MR) is 125 cm³/mol. The number of halogens is 1. The number of benzene rings is 1. The highest BCUT2D eigenvalue weighted by molar-refractivity contribution is 7.10. The summed E-state index contributed by atoms with van der Waals surface area (Å²) in [5, 5.41) is 2.04. The fraction of sp³-hybridized carbons (Fsp3) is 0.520. The van der Waals surface area contributed by atoms with E-state index >= 15 is 0 Å². The van der Waals surface area contributed by atoms with Gasteiger partial charge in [-0.3, -0.25) is 9.59 Å². The number of hydrogen-bond donors (Lipinski definition) is 0. The minimum atomic E-state index is -0.316. The van der Waals surface area contributed by atoms with Crippen molar-refractivity contribution in [2.45, 2.75) is 46.6 Å². The maximum absolute atomic E-state index is 13.4. The Kier molecular flexibility index (Phi) is 8.29. The molecule has 3 rings (SSSR count). The highest BCUT2D eigenvalue weighted by Crippen LogP contribution is 2.34. The van der Waals surface area contributed by atoms with E-state index < -0.39 is 0 Å². The summed E-state index contributed by atoms with van der Waals surface area (Å²) < 4.78 is 19.2. The van der Waals surface area contributed by atoms with Crippen molar-refractivity contribution in [3.8, 4) is 5.75 Å². The van der Waals surface area contributed by atoms with Gasteiger partial charge in [-0.15, -0.1) is 11.3 Å². The van der Waals surface area contributed by atoms with Crippen molar-refractivity contribution in [2.24, 2.45) is 11.8 Å². The number of nitrogens with zero attached hydrogens (tertiary/aromatic N) is 2. The van der Waals surface area contributed by atoms with Crippen LogP contribution >= 0.6 is 11.3 Å². The summed E-state index contributed by atoms with van der Waals surface area (Å²) in [5.74, 6) is 0.488. The van der Waals surface area contributed by atoms with Gasteiger partial charge in [0.1, 0.15) is 18.2 Å². The van der Waals surface area contributed by atoms with Gasteiger partial charge < -0.3 is 14.5 Å². The molecule has 0 saturated carbocycles. The van der Waals surface area contributed by atoms with Crippen molar-refractivity contribution in [1.82, 2.24) is 9.80 Å². The number of carbonyl (C=O) groups is 2. The number of thiophene rings is 1. The van der Waals surface area contributed by atoms with Crippen LogP contribution in [0.4, 0.5) is 4.39 Å². The molecule has 0 radical (unpaired) electrons. The van der Waals surface area contributed by atoms with Gasteiger partial charge in [-0.05, 0) is 60.0 Å². The molecule has 1 aromatic carbocycles. The van der Waals surface area contributed by atoms with Crippen LogP contribution in [0.3, 0.4) is 0 Å². The first kappa shape index (κ1) is 24.2. The lowest BCUT2D eigenvalue weighted by Gasteiger charge is -2.37. The molecule has 0 spiro atoms. The molecular formula is C25H33FN2O3S. The minimum absolute atomic E-state index is 0.00587. The van der Waals surface area contributed by atoms with Crippen LogP contribution < -0.4 is 4.74 Å². The molecule has 1 aliphatic heterocycles. The van der Waals surface area contributed by atoms with Gasteiger partial charge in [-0.25, -0.2) is 4.39 Å². The van der Waals surface area contributed by atoms with Crippen LogP contribution in [0.2, 0.25) is 0 Å². The Morgan fingerprint density at radius 1 is 1.19 bits per heavy atom. The molecule has 0 N–H and O–H groups in total. The first-order chi connectivity index (χ1) is 15.3. The lowest BCUT2D eigenvalue weighted by Crippen LogP contribution is -2.48. The van der Waals surface area contributed by atoms with Crippen molar-refractivity contribution in [1.29, 1.82) is 0 Å². The molecule has 0 bridgehead atoms. The van der Waals surface area contributed by atoms with Gasteiger partial charge in [-0.1, -0.05) is 27.7 Å². The van der Waals surface area contributed by atoms with Gasteiger partial charge in [0.2, 0.25) is 11.8 Å². The molecule has 1 atom stereocenters. The SMILES string of the molecule is CC(C)CCN(CC(=O)N1CCc2sccc2C1COc1ccc(F)cc1)C(=O)C(C)C. The van der Waals surface area contributed by atoms with E-state index in [2.05, 4.69) is 13.8 Å². The Hall–Kier alpha value is -2.41. The van der Waals surface area contributed by atoms with Crippen molar-refractivity contribution < 1.29 is 18.7 Å². The zero-order valence-electron chi connectivity index (χ0n) is 19.3. The van der Waals surface area contributed by atoms with Crippen LogP contribution in [0.1, 0.15) is 50.6 Å². The van der Waals surface area contributed by atoms with Crippen molar-refractivity contribution >= 4 is 23.2 Å². The standard InChI is InChI=1S/C25H33FN2O3S/c1-17(2)9-12-27(25(30)18(3)4)15-24(29)28-13-10-23-21(11-14-32-23)22(28)16-31-20-7-5-19(26)6-8-20/h5-8,11,14,17-18,22H,9-10,12-13,15-16H2,1-4H3. The Morgan fingerprint density at radius 3 is 2.56 bits per heavy atom. The Morgan fingerprint density at radius 2 is 1.91 bits per heavy atom. The largest absolute Gasteiger partial charge is 0.491 e. The maximum Gasteiger partial charge on any atom is 0.242 e. The molecular weight excluding hydrogens is 427 g/mol. The fourth-order valence-electron chi connectivity index (χ4n) is 3.88. The average molecular weight is 461 g/mol. The number of rotatable bonds is 9. The van der Waals surface area contributed by atoms with E-state index in [1.807, 2.05) is 30.2 Å². The van der Waals surface area contributed by atoms with Crippen molar-refractivity contribution in [3.63, 3.8) is 0 Å². The van der Waals surface area contributed by atoms with Crippen LogP contribution in [0.25, 0.3) is 0 Å². The first-order valence-electron chi connectivity index (χ1n) is 11.3. The first-order valence-corrected chi connectivity index (χ1v) is 12.2. The number of fused-ring (bicyclic) bond motifs is 1. The van der Waals surface area contributed by atoms with Crippen LogP contribution in [0.15, 0.2) is 35.7 Å². The second-order valence-corrected chi connectivity index (χ2v) is 10.0. The molecule has 0 aliphatic carbocycles. The molecule has 7 heteroatoms. The molecule has 32 heavy (non-hydrogen) atoms. The van der Waals surface area contributed by atoms with Gasteiger partial charge in [-0.2, -0.15) is 0 Å². The molecule has 2 amide bonds. The lowest BCUT2D eigenvalue weighted by molar-refractivity contribution is -0.144. The topological polar surface area (TPSA) is 49.9 Å². The van der Waals surface area contributed by atoms with E-state index in [4.69, 9.17) is 4.74 Å². The molecule has 2 aromatic rings. The Bertz CT molecular complexity index is 910. The number of carbonyl (C=O) groups excluding carboxylic acids is 2. The monoisotopic (exact) mass is 460 g/mol. The van der Waals surface area contributed by atoms with Gasteiger partial charge in [0.15, 0.2) is 0 Å². The summed E-state index contributed by atoms with van der Waals surface area (Å²) >= 11 is 1.69. The third kappa shape index (κ3) is 6.09. The average Bonchev–Trinajstić information content (AvgIpc) is 3.24. The normalized spacial score (nSPS) is 15.7. The minimum Gasteiger partial charge on any atom is -0.491 e. The maximum atomic E-state index is 13.4. The summed E-state index contributed by atoms with van der Waals surface area (Å²) in [7, 11) is 0. The van der Waals surface area contributed by atoms with Crippen molar-refractivity contribution in [3.05, 3.63) is 52.0 Å². The third-order valence-corrected chi connectivity index (χ3v) is 6.74. The molecule has 0 fully saturated rings. The van der Waals surface area contributed by atoms with Gasteiger partial charge in [0.05, 0.1) is 12.6 Å². The highest BCUT2D eigenvalue weighted by atomic mass is 32.1. The van der Waals surface area contributed by atoms with Crippen LogP contribution in [0.5, 0.6) is 5.75 Å². The second-order valence-electron chi connectivity index (χ2n) is 9.01. The van der Waals surface area contributed by atoms with Gasteiger partial charge >= 0.3 is 0 Å². The smallest absolute Gasteiger partial charge is 0.242 e. The van der Waals surface area contributed by atoms with Gasteiger partial charge in [0, 0.05) is 23.9 Å². The fourth-order valence-corrected chi connectivity index (χ4v) is 4.81. The van der Waals surface area contributed by atoms with Crippen LogP contribution in [-0.4, -0.2) is 47.9 Å². The zero-order chi connectivity index (χ0) is 23.3. The van der Waals surface area contributed by atoms with E-state index in [1.165, 1.54) is 17.0 Å². The zero-order valence-corrected chi connectivity index (χ0v) is 20.2. The predicted octanol–water partition coefficient (Wildman–Crippen LogP) is 4.92. The Balaban J connectivity index is 1.75. The number of ether oxygens (including phenoxy) is 1. The summed E-state index contributed by atoms with van der Waals surface area (Å²) in [4.78, 5) is 31.0. The van der Waals surface area contributed by atoms with E-state index in [1.54, 1.807) is 28.4 Å². The van der Waals surface area contributed by atoms with E-state index in [0.717, 1.165) is 18.4 Å². The van der Waals surface area contributed by atoms with E-state index in [9.17, 15) is 14.0 Å². The van der Waals surface area contributed by atoms with Crippen molar-refractivity contribution in [2.75, 3.05) is 26.2 Å². The quantitative estimate of drug-likeness (QED) is 0.534.